The fourth-order valence-corrected chi connectivity index (χ4v) is 5.29. The number of carbonyl (C=O) groups excluding carboxylic acids is 1. The first-order chi connectivity index (χ1) is 14.6. The van der Waals surface area contributed by atoms with Crippen LogP contribution < -0.4 is 5.32 Å². The van der Waals surface area contributed by atoms with Crippen molar-refractivity contribution in [2.45, 2.75) is 57.5 Å². The molecular formula is C23H32N4O3. The minimum Gasteiger partial charge on any atom is -0.483 e. The molecule has 2 saturated heterocycles. The lowest BCUT2D eigenvalue weighted by Crippen LogP contribution is -2.51. The van der Waals surface area contributed by atoms with E-state index in [1.54, 1.807) is 0 Å². The third kappa shape index (κ3) is 4.73. The van der Waals surface area contributed by atoms with Crippen molar-refractivity contribution in [1.82, 2.24) is 20.4 Å². The Morgan fingerprint density at radius 3 is 2.77 bits per heavy atom. The van der Waals surface area contributed by atoms with Gasteiger partial charge in [0, 0.05) is 24.8 Å². The van der Waals surface area contributed by atoms with E-state index in [1.807, 2.05) is 18.5 Å². The highest BCUT2D eigenvalue weighted by Gasteiger charge is 2.59. The van der Waals surface area contributed by atoms with E-state index in [0.717, 1.165) is 44.2 Å². The Labute approximate surface area is 177 Å². The quantitative estimate of drug-likeness (QED) is 0.579. The average Bonchev–Trinajstić information content (AvgIpc) is 3.46. The molecule has 30 heavy (non-hydrogen) atoms. The molecule has 1 amide bonds. The van der Waals surface area contributed by atoms with Gasteiger partial charge in [-0.05, 0) is 56.2 Å². The first kappa shape index (κ1) is 22.0. The summed E-state index contributed by atoms with van der Waals surface area (Å²) in [7, 11) is 0. The van der Waals surface area contributed by atoms with Crippen molar-refractivity contribution in [1.29, 1.82) is 0 Å². The van der Waals surface area contributed by atoms with Crippen molar-refractivity contribution in [3.05, 3.63) is 53.9 Å². The van der Waals surface area contributed by atoms with Crippen LogP contribution in [0.3, 0.4) is 0 Å². The number of benzene rings is 1. The van der Waals surface area contributed by atoms with Crippen LogP contribution in [0.4, 0.5) is 0 Å². The summed E-state index contributed by atoms with van der Waals surface area (Å²) in [5.41, 5.74) is 2.11. The Morgan fingerprint density at radius 1 is 1.33 bits per heavy atom. The molecule has 3 atom stereocenters. The smallest absolute Gasteiger partial charge is 0.290 e. The van der Waals surface area contributed by atoms with Crippen molar-refractivity contribution in [3.63, 3.8) is 0 Å². The molecule has 2 bridgehead atoms. The van der Waals surface area contributed by atoms with E-state index < -0.39 is 0 Å². The van der Waals surface area contributed by atoms with Gasteiger partial charge in [-0.3, -0.25) is 19.6 Å². The van der Waals surface area contributed by atoms with E-state index in [-0.39, 0.29) is 17.8 Å². The van der Waals surface area contributed by atoms with Gasteiger partial charge < -0.3 is 10.4 Å². The normalized spacial score (nSPS) is 24.8. The molecule has 2 aliphatic heterocycles. The number of hydrogen-bond acceptors (Lipinski definition) is 4. The largest absolute Gasteiger partial charge is 0.483 e. The van der Waals surface area contributed by atoms with Crippen LogP contribution in [-0.2, 0) is 22.4 Å². The third-order valence-corrected chi connectivity index (χ3v) is 6.43. The molecular weight excluding hydrogens is 380 g/mol. The number of carboxylic acid groups (broad SMARTS) is 1. The summed E-state index contributed by atoms with van der Waals surface area (Å²) in [6.07, 6.45) is 9.90. The number of H-pyrrole nitrogens is 1. The zero-order valence-corrected chi connectivity index (χ0v) is 17.6. The molecule has 2 aliphatic rings. The number of aromatic amines is 1. The van der Waals surface area contributed by atoms with Crippen molar-refractivity contribution in [2.24, 2.45) is 5.41 Å². The highest BCUT2D eigenvalue weighted by molar-refractivity contribution is 5.84. The lowest BCUT2D eigenvalue weighted by molar-refractivity contribution is -0.133. The molecule has 0 unspecified atom stereocenters. The summed E-state index contributed by atoms with van der Waals surface area (Å²) < 4.78 is 0. The number of carbonyl (C=O) groups is 2. The predicted molar refractivity (Wildman–Crippen MR) is 115 cm³/mol. The molecule has 1 aromatic carbocycles. The molecule has 0 radical (unpaired) electrons. The first-order valence-electron chi connectivity index (χ1n) is 10.8. The second-order valence-corrected chi connectivity index (χ2v) is 8.23. The maximum absolute atomic E-state index is 13.5. The van der Waals surface area contributed by atoms with E-state index in [2.05, 4.69) is 51.6 Å². The second kappa shape index (κ2) is 10.4. The molecule has 2 aromatic rings. The number of hydrogen-bond donors (Lipinski definition) is 3. The number of nitrogens with one attached hydrogen (secondary N) is 2. The monoisotopic (exact) mass is 412 g/mol. The number of rotatable bonds is 8. The van der Waals surface area contributed by atoms with Crippen molar-refractivity contribution >= 4 is 12.4 Å². The SMILES string of the molecule is CCCN1[C@H]2CC[C@@H]1[C@](Cc1ccccc1)(C(=O)NCCc1cn[nH]c1)C2.O=CO. The van der Waals surface area contributed by atoms with Crippen LogP contribution in [0.15, 0.2) is 42.7 Å². The standard InChI is InChI=1S/C22H30N4O.CH2O2/c1-2-12-26-19-8-9-20(26)22(14-19,13-17-6-4-3-5-7-17)21(27)23-11-10-18-15-24-25-16-18;2-1-3/h3-7,15-16,19-20H,2,8-14H2,1H3,(H,23,27)(H,24,25);1H,(H,2,3)/t19-,20+,22+;/m0./s1. The fourth-order valence-electron chi connectivity index (χ4n) is 5.29. The molecule has 7 nitrogen and oxygen atoms in total. The highest BCUT2D eigenvalue weighted by atomic mass is 16.3. The van der Waals surface area contributed by atoms with Gasteiger partial charge in [-0.15, -0.1) is 0 Å². The van der Waals surface area contributed by atoms with Gasteiger partial charge in [-0.25, -0.2) is 0 Å². The topological polar surface area (TPSA) is 98.3 Å². The summed E-state index contributed by atoms with van der Waals surface area (Å²) in [5.74, 6) is 0.239. The lowest BCUT2D eigenvalue weighted by atomic mass is 9.69. The average molecular weight is 413 g/mol. The zero-order chi connectivity index (χ0) is 21.4. The van der Waals surface area contributed by atoms with Gasteiger partial charge in [0.1, 0.15) is 0 Å². The second-order valence-electron chi connectivity index (χ2n) is 8.23. The minimum absolute atomic E-state index is 0.239. The van der Waals surface area contributed by atoms with Crippen molar-refractivity contribution in [3.8, 4) is 0 Å². The van der Waals surface area contributed by atoms with Crippen LogP contribution in [0.1, 0.15) is 43.7 Å². The Balaban J connectivity index is 0.000000806. The number of amides is 1. The molecule has 3 N–H and O–H groups in total. The molecule has 0 saturated carbocycles. The fraction of sp³-hybridized carbons (Fsp3) is 0.522. The molecule has 1 aromatic heterocycles. The summed E-state index contributed by atoms with van der Waals surface area (Å²) in [5, 5.41) is 17.0. The number of nitrogens with zero attached hydrogens (tertiary/aromatic N) is 2. The Bertz CT molecular complexity index is 796. The molecule has 0 aliphatic carbocycles. The third-order valence-electron chi connectivity index (χ3n) is 6.43. The van der Waals surface area contributed by atoms with Gasteiger partial charge in [-0.1, -0.05) is 37.3 Å². The van der Waals surface area contributed by atoms with Gasteiger partial charge >= 0.3 is 0 Å². The Morgan fingerprint density at radius 2 is 2.10 bits per heavy atom. The van der Waals surface area contributed by atoms with Gasteiger partial charge in [0.2, 0.25) is 5.91 Å². The van der Waals surface area contributed by atoms with Gasteiger partial charge in [0.25, 0.3) is 6.47 Å². The number of aromatic nitrogens is 2. The van der Waals surface area contributed by atoms with E-state index >= 15 is 0 Å². The van der Waals surface area contributed by atoms with Gasteiger partial charge in [0.05, 0.1) is 11.6 Å². The molecule has 4 rings (SSSR count). The van der Waals surface area contributed by atoms with Crippen LogP contribution in [0, 0.1) is 5.41 Å². The molecule has 3 heterocycles. The highest BCUT2D eigenvalue weighted by Crippen LogP contribution is 2.51. The number of fused-ring (bicyclic) bond motifs is 2. The predicted octanol–water partition coefficient (Wildman–Crippen LogP) is 2.65. The zero-order valence-electron chi connectivity index (χ0n) is 17.6. The van der Waals surface area contributed by atoms with Crippen LogP contribution in [-0.4, -0.2) is 57.8 Å². The molecule has 162 valence electrons. The molecule has 0 spiro atoms. The minimum atomic E-state index is -0.296. The van der Waals surface area contributed by atoms with Crippen LogP contribution >= 0.6 is 0 Å². The molecule has 2 fully saturated rings. The van der Waals surface area contributed by atoms with E-state index in [1.165, 1.54) is 12.0 Å². The van der Waals surface area contributed by atoms with Crippen LogP contribution in [0.2, 0.25) is 0 Å². The van der Waals surface area contributed by atoms with Crippen LogP contribution in [0.25, 0.3) is 0 Å². The van der Waals surface area contributed by atoms with Crippen LogP contribution in [0.5, 0.6) is 0 Å². The summed E-state index contributed by atoms with van der Waals surface area (Å²) in [6.45, 7) is 3.76. The van der Waals surface area contributed by atoms with Crippen molar-refractivity contribution < 1.29 is 14.7 Å². The molecule has 7 heteroatoms. The Kier molecular flexibility index (Phi) is 7.63. The Hall–Kier alpha value is -2.67. The van der Waals surface area contributed by atoms with Crippen molar-refractivity contribution in [2.75, 3.05) is 13.1 Å². The lowest BCUT2D eigenvalue weighted by Gasteiger charge is -2.36. The summed E-state index contributed by atoms with van der Waals surface area (Å²) >= 11 is 0. The van der Waals surface area contributed by atoms with Gasteiger partial charge in [0.15, 0.2) is 0 Å². The van der Waals surface area contributed by atoms with Gasteiger partial charge in [-0.2, -0.15) is 5.10 Å². The van der Waals surface area contributed by atoms with E-state index in [9.17, 15) is 4.79 Å². The van der Waals surface area contributed by atoms with E-state index in [4.69, 9.17) is 9.90 Å². The van der Waals surface area contributed by atoms with E-state index in [0.29, 0.717) is 18.6 Å². The summed E-state index contributed by atoms with van der Waals surface area (Å²) in [6, 6.07) is 11.5. The summed E-state index contributed by atoms with van der Waals surface area (Å²) in [4.78, 5) is 24.5. The maximum Gasteiger partial charge on any atom is 0.290 e. The maximum atomic E-state index is 13.5. The first-order valence-corrected chi connectivity index (χ1v) is 10.8.